The average molecular weight is 431 g/mol. The summed E-state index contributed by atoms with van der Waals surface area (Å²) in [6, 6.07) is 11.2. The van der Waals surface area contributed by atoms with Crippen LogP contribution in [0, 0.1) is 5.41 Å². The Morgan fingerprint density at radius 3 is 2.81 bits per heavy atom. The summed E-state index contributed by atoms with van der Waals surface area (Å²) in [5, 5.41) is 12.2. The molecule has 0 amide bonds. The van der Waals surface area contributed by atoms with Gasteiger partial charge in [-0.3, -0.25) is 0 Å². The van der Waals surface area contributed by atoms with Crippen LogP contribution >= 0.6 is 11.6 Å². The second kappa shape index (κ2) is 9.32. The molecule has 154 valence electrons. The first-order valence-corrected chi connectivity index (χ1v) is 9.87. The summed E-state index contributed by atoms with van der Waals surface area (Å²) in [5.74, 6) is 1.00. The van der Waals surface area contributed by atoms with Gasteiger partial charge >= 0.3 is 0 Å². The molecule has 1 aromatic carbocycles. The predicted octanol–water partition coefficient (Wildman–Crippen LogP) is 4.56. The van der Waals surface area contributed by atoms with Crippen molar-refractivity contribution in [2.45, 2.75) is 6.54 Å². The lowest BCUT2D eigenvalue weighted by Gasteiger charge is -2.15. The summed E-state index contributed by atoms with van der Waals surface area (Å²) in [4.78, 5) is 17.1. The zero-order valence-electron chi connectivity index (χ0n) is 16.7. The van der Waals surface area contributed by atoms with E-state index in [0.29, 0.717) is 40.3 Å². The molecule has 0 unspecified atom stereocenters. The molecular formula is C23H19ClN6O. The van der Waals surface area contributed by atoms with Crippen LogP contribution in [0.2, 0.25) is 5.02 Å². The van der Waals surface area contributed by atoms with Crippen LogP contribution in [0.4, 0.5) is 5.95 Å². The van der Waals surface area contributed by atoms with Crippen LogP contribution in [0.15, 0.2) is 78.9 Å². The summed E-state index contributed by atoms with van der Waals surface area (Å²) in [7, 11) is 1.56. The van der Waals surface area contributed by atoms with Crippen LogP contribution in [-0.2, 0) is 11.3 Å². The molecule has 2 heterocycles. The van der Waals surface area contributed by atoms with Gasteiger partial charge in [-0.15, -0.1) is 0 Å². The van der Waals surface area contributed by atoms with Gasteiger partial charge in [0.25, 0.3) is 0 Å². The third kappa shape index (κ3) is 4.84. The van der Waals surface area contributed by atoms with Crippen molar-refractivity contribution in [1.29, 1.82) is 5.41 Å². The van der Waals surface area contributed by atoms with Gasteiger partial charge in [-0.2, -0.15) is 0 Å². The molecule has 0 saturated carbocycles. The second-order valence-electron chi connectivity index (χ2n) is 6.64. The van der Waals surface area contributed by atoms with Gasteiger partial charge in [-0.05, 0) is 42.0 Å². The summed E-state index contributed by atoms with van der Waals surface area (Å²) < 4.78 is 5.57. The standard InChI is InChI=1S/C23H19ClN6O/c1-31-22(21-7-9-26-14-29-21)18-12-16(5-6-19(18)25)20-8-10-27-23(30-20)28-13-15-3-2-4-17(24)11-15/h2-12,14,25H,13H2,1H3,(H,27,28,30)/b22-18-,25-19?. The molecule has 0 aliphatic heterocycles. The van der Waals surface area contributed by atoms with Crippen LogP contribution in [0.3, 0.4) is 0 Å². The van der Waals surface area contributed by atoms with E-state index in [-0.39, 0.29) is 0 Å². The van der Waals surface area contributed by atoms with Gasteiger partial charge < -0.3 is 15.5 Å². The number of hydrogen-bond donors (Lipinski definition) is 2. The lowest BCUT2D eigenvalue weighted by atomic mass is 9.96. The van der Waals surface area contributed by atoms with Crippen molar-refractivity contribution < 1.29 is 4.74 Å². The van der Waals surface area contributed by atoms with Gasteiger partial charge in [0.15, 0.2) is 5.76 Å². The number of ether oxygens (including phenoxy) is 1. The molecule has 31 heavy (non-hydrogen) atoms. The number of aromatic nitrogens is 4. The van der Waals surface area contributed by atoms with Crippen molar-refractivity contribution in [2.24, 2.45) is 0 Å². The van der Waals surface area contributed by atoms with Gasteiger partial charge in [0.05, 0.1) is 18.5 Å². The number of anilines is 1. The largest absolute Gasteiger partial charge is 0.494 e. The summed E-state index contributed by atoms with van der Waals surface area (Å²) in [5.41, 5.74) is 4.14. The maximum absolute atomic E-state index is 8.33. The molecule has 7 nitrogen and oxygen atoms in total. The maximum Gasteiger partial charge on any atom is 0.223 e. The van der Waals surface area contributed by atoms with E-state index in [0.717, 1.165) is 16.8 Å². The van der Waals surface area contributed by atoms with E-state index in [1.54, 1.807) is 31.6 Å². The van der Waals surface area contributed by atoms with Crippen LogP contribution < -0.4 is 5.32 Å². The van der Waals surface area contributed by atoms with Crippen molar-refractivity contribution in [3.63, 3.8) is 0 Å². The lowest BCUT2D eigenvalue weighted by Crippen LogP contribution is -2.08. The molecule has 0 atom stereocenters. The van der Waals surface area contributed by atoms with E-state index < -0.39 is 0 Å². The molecule has 2 N–H and O–H groups in total. The minimum Gasteiger partial charge on any atom is -0.494 e. The zero-order valence-corrected chi connectivity index (χ0v) is 17.5. The van der Waals surface area contributed by atoms with Crippen molar-refractivity contribution in [2.75, 3.05) is 12.4 Å². The molecule has 0 saturated heterocycles. The van der Waals surface area contributed by atoms with Crippen LogP contribution in [0.25, 0.3) is 11.3 Å². The highest BCUT2D eigenvalue weighted by molar-refractivity contribution is 6.30. The Bertz CT molecular complexity index is 1200. The smallest absolute Gasteiger partial charge is 0.223 e. The number of allylic oxidation sites excluding steroid dienone is 5. The molecule has 0 bridgehead atoms. The Morgan fingerprint density at radius 2 is 2.03 bits per heavy atom. The molecule has 4 rings (SSSR count). The first-order valence-electron chi connectivity index (χ1n) is 9.49. The van der Waals surface area contributed by atoms with Gasteiger partial charge in [0.1, 0.15) is 12.0 Å². The van der Waals surface area contributed by atoms with Gasteiger partial charge in [0.2, 0.25) is 5.95 Å². The van der Waals surface area contributed by atoms with Crippen molar-refractivity contribution in [3.05, 3.63) is 101 Å². The van der Waals surface area contributed by atoms with Crippen molar-refractivity contribution >= 4 is 34.6 Å². The summed E-state index contributed by atoms with van der Waals surface area (Å²) in [6.07, 6.45) is 10.2. The van der Waals surface area contributed by atoms with Crippen LogP contribution in [-0.4, -0.2) is 32.8 Å². The fraction of sp³-hybridized carbons (Fsp3) is 0.0870. The SMILES string of the molecule is CO/C(=C1/C=C(c2ccnc(NCc3cccc(Cl)c3)n2)C=CC1=N)c1ccncn1. The Hall–Kier alpha value is -3.84. The molecule has 0 radical (unpaired) electrons. The number of hydrogen-bond acceptors (Lipinski definition) is 7. The number of rotatable bonds is 6. The first kappa shape index (κ1) is 20.4. The molecule has 1 aliphatic carbocycles. The minimum atomic E-state index is 0.326. The number of methoxy groups -OCH3 is 1. The maximum atomic E-state index is 8.33. The van der Waals surface area contributed by atoms with E-state index in [1.165, 1.54) is 6.33 Å². The Morgan fingerprint density at radius 1 is 1.13 bits per heavy atom. The highest BCUT2D eigenvalue weighted by Crippen LogP contribution is 2.27. The summed E-state index contributed by atoms with van der Waals surface area (Å²) in [6.45, 7) is 0.552. The molecule has 0 spiro atoms. The fourth-order valence-electron chi connectivity index (χ4n) is 3.10. The molecule has 8 heteroatoms. The number of nitrogens with one attached hydrogen (secondary N) is 2. The van der Waals surface area contributed by atoms with E-state index in [4.69, 9.17) is 21.7 Å². The summed E-state index contributed by atoms with van der Waals surface area (Å²) >= 11 is 6.05. The van der Waals surface area contributed by atoms with Crippen LogP contribution in [0.5, 0.6) is 0 Å². The monoisotopic (exact) mass is 430 g/mol. The van der Waals surface area contributed by atoms with E-state index in [2.05, 4.69) is 25.3 Å². The predicted molar refractivity (Wildman–Crippen MR) is 122 cm³/mol. The fourth-order valence-corrected chi connectivity index (χ4v) is 3.31. The molecule has 0 fully saturated rings. The van der Waals surface area contributed by atoms with Crippen molar-refractivity contribution in [3.8, 4) is 0 Å². The quantitative estimate of drug-likeness (QED) is 0.556. The highest BCUT2D eigenvalue weighted by Gasteiger charge is 2.17. The lowest BCUT2D eigenvalue weighted by molar-refractivity contribution is 0.367. The first-order chi connectivity index (χ1) is 15.1. The Labute approximate surface area is 184 Å². The molecular weight excluding hydrogens is 412 g/mol. The van der Waals surface area contributed by atoms with Crippen molar-refractivity contribution in [1.82, 2.24) is 19.9 Å². The topological polar surface area (TPSA) is 96.7 Å². The number of nitrogens with zero attached hydrogens (tertiary/aromatic N) is 4. The zero-order chi connectivity index (χ0) is 21.6. The second-order valence-corrected chi connectivity index (χ2v) is 7.07. The molecule has 1 aliphatic rings. The third-order valence-electron chi connectivity index (χ3n) is 4.57. The van der Waals surface area contributed by atoms with Gasteiger partial charge in [-0.25, -0.2) is 19.9 Å². The van der Waals surface area contributed by atoms with Crippen LogP contribution in [0.1, 0.15) is 17.0 Å². The van der Waals surface area contributed by atoms with E-state index in [1.807, 2.05) is 42.5 Å². The minimum absolute atomic E-state index is 0.326. The highest BCUT2D eigenvalue weighted by atomic mass is 35.5. The molecule has 3 aromatic rings. The van der Waals surface area contributed by atoms with E-state index in [9.17, 15) is 0 Å². The average Bonchev–Trinajstić information content (AvgIpc) is 2.80. The normalized spacial score (nSPS) is 14.8. The van der Waals surface area contributed by atoms with Gasteiger partial charge in [-0.1, -0.05) is 29.8 Å². The molecule has 2 aromatic heterocycles. The van der Waals surface area contributed by atoms with E-state index >= 15 is 0 Å². The Kier molecular flexibility index (Phi) is 6.14. The third-order valence-corrected chi connectivity index (χ3v) is 4.81. The van der Waals surface area contributed by atoms with Gasteiger partial charge in [0, 0.05) is 35.1 Å². The number of halogens is 1. The Balaban J connectivity index is 1.62. The number of benzene rings is 1.